The molecule has 1 aliphatic heterocycles. The Bertz CT molecular complexity index is 353. The summed E-state index contributed by atoms with van der Waals surface area (Å²) in [4.78, 5) is 4.25. The lowest BCUT2D eigenvalue weighted by Gasteiger charge is -2.26. The minimum Gasteiger partial charge on any atom is -0.314 e. The molecule has 1 saturated carbocycles. The number of hydrogen-bond acceptors (Lipinski definition) is 3. The first-order valence-corrected chi connectivity index (χ1v) is 8.79. The molecule has 1 aromatic rings. The van der Waals surface area contributed by atoms with Crippen molar-refractivity contribution in [3.05, 3.63) is 22.4 Å². The Kier molecular flexibility index (Phi) is 4.91. The van der Waals surface area contributed by atoms with Gasteiger partial charge in [0.05, 0.1) is 0 Å². The van der Waals surface area contributed by atoms with Crippen LogP contribution in [-0.2, 0) is 6.54 Å². The van der Waals surface area contributed by atoms with Crippen molar-refractivity contribution in [2.24, 2.45) is 0 Å². The molecule has 0 radical (unpaired) electrons. The Morgan fingerprint density at radius 1 is 1.26 bits per heavy atom. The highest BCUT2D eigenvalue weighted by Gasteiger charge is 2.28. The molecule has 0 spiro atoms. The van der Waals surface area contributed by atoms with E-state index in [1.807, 2.05) is 11.3 Å². The maximum absolute atomic E-state index is 3.67. The first-order chi connectivity index (χ1) is 9.42. The monoisotopic (exact) mass is 278 g/mol. The Balaban J connectivity index is 1.40. The van der Waals surface area contributed by atoms with E-state index in [9.17, 15) is 0 Å². The van der Waals surface area contributed by atoms with Gasteiger partial charge in [-0.2, -0.15) is 0 Å². The Morgan fingerprint density at radius 2 is 2.21 bits per heavy atom. The van der Waals surface area contributed by atoms with Gasteiger partial charge in [0.25, 0.3) is 0 Å². The average Bonchev–Trinajstić information content (AvgIpc) is 3.17. The van der Waals surface area contributed by atoms with Crippen molar-refractivity contribution in [3.63, 3.8) is 0 Å². The summed E-state index contributed by atoms with van der Waals surface area (Å²) in [6.45, 7) is 3.72. The van der Waals surface area contributed by atoms with E-state index in [0.717, 1.165) is 12.1 Å². The highest BCUT2D eigenvalue weighted by atomic mass is 32.1. The van der Waals surface area contributed by atoms with Gasteiger partial charge < -0.3 is 5.32 Å². The lowest BCUT2D eigenvalue weighted by molar-refractivity contribution is 0.242. The number of nitrogens with one attached hydrogen (secondary N) is 1. The van der Waals surface area contributed by atoms with Crippen LogP contribution in [0.1, 0.15) is 49.8 Å². The van der Waals surface area contributed by atoms with Crippen molar-refractivity contribution in [1.29, 1.82) is 0 Å². The van der Waals surface area contributed by atoms with E-state index >= 15 is 0 Å². The molecule has 0 aromatic carbocycles. The Labute approximate surface area is 121 Å². The SMILES string of the molecule is c1csc(CN(CCCC2CCCCN2)C2CC2)c1. The van der Waals surface area contributed by atoms with Crippen LogP contribution in [0.15, 0.2) is 17.5 Å². The summed E-state index contributed by atoms with van der Waals surface area (Å²) in [6, 6.07) is 6.15. The van der Waals surface area contributed by atoms with Crippen LogP contribution in [0.3, 0.4) is 0 Å². The van der Waals surface area contributed by atoms with Gasteiger partial charge in [0.2, 0.25) is 0 Å². The molecule has 19 heavy (non-hydrogen) atoms. The molecule has 0 bridgehead atoms. The van der Waals surface area contributed by atoms with Crippen LogP contribution in [0, 0.1) is 0 Å². The van der Waals surface area contributed by atoms with Crippen molar-refractivity contribution in [2.75, 3.05) is 13.1 Å². The van der Waals surface area contributed by atoms with E-state index in [4.69, 9.17) is 0 Å². The molecule has 1 aliphatic carbocycles. The lowest BCUT2D eigenvalue weighted by atomic mass is 10.0. The number of rotatable bonds is 7. The van der Waals surface area contributed by atoms with Crippen molar-refractivity contribution < 1.29 is 0 Å². The zero-order chi connectivity index (χ0) is 12.9. The Hall–Kier alpha value is -0.380. The normalized spacial score (nSPS) is 23.9. The van der Waals surface area contributed by atoms with E-state index in [1.165, 1.54) is 69.5 Å². The lowest BCUT2D eigenvalue weighted by Crippen LogP contribution is -2.35. The van der Waals surface area contributed by atoms with Crippen molar-refractivity contribution in [2.45, 2.75) is 63.6 Å². The molecule has 2 aliphatic rings. The first kappa shape index (κ1) is 13.6. The molecule has 1 N–H and O–H groups in total. The van der Waals surface area contributed by atoms with Gasteiger partial charge in [0.1, 0.15) is 0 Å². The van der Waals surface area contributed by atoms with Gasteiger partial charge in [-0.25, -0.2) is 0 Å². The molecule has 1 aromatic heterocycles. The van der Waals surface area contributed by atoms with Gasteiger partial charge in [-0.3, -0.25) is 4.90 Å². The fraction of sp³-hybridized carbons (Fsp3) is 0.750. The van der Waals surface area contributed by atoms with E-state index in [-0.39, 0.29) is 0 Å². The van der Waals surface area contributed by atoms with E-state index in [2.05, 4.69) is 27.7 Å². The standard InChI is InChI=1S/C16H26N2S/c1-2-10-17-14(5-1)6-3-11-18(15-8-9-15)13-16-7-4-12-19-16/h4,7,12,14-15,17H,1-3,5-6,8-11,13H2. The molecule has 0 amide bonds. The molecule has 1 atom stereocenters. The zero-order valence-electron chi connectivity index (χ0n) is 11.8. The molecule has 2 fully saturated rings. The third-order valence-electron chi connectivity index (χ3n) is 4.41. The molecule has 3 rings (SSSR count). The maximum atomic E-state index is 3.67. The molecular weight excluding hydrogens is 252 g/mol. The van der Waals surface area contributed by atoms with Gasteiger partial charge in [-0.05, 0) is 63.1 Å². The topological polar surface area (TPSA) is 15.3 Å². The fourth-order valence-electron chi connectivity index (χ4n) is 3.14. The van der Waals surface area contributed by atoms with Crippen LogP contribution in [0.4, 0.5) is 0 Å². The quantitative estimate of drug-likeness (QED) is 0.819. The van der Waals surface area contributed by atoms with Crippen LogP contribution in [-0.4, -0.2) is 30.1 Å². The van der Waals surface area contributed by atoms with Crippen molar-refractivity contribution >= 4 is 11.3 Å². The second kappa shape index (κ2) is 6.87. The van der Waals surface area contributed by atoms with Crippen molar-refractivity contribution in [3.8, 4) is 0 Å². The second-order valence-electron chi connectivity index (χ2n) is 6.07. The van der Waals surface area contributed by atoms with Crippen LogP contribution in [0.2, 0.25) is 0 Å². The molecular formula is C16H26N2S. The summed E-state index contributed by atoms with van der Waals surface area (Å²) in [5.74, 6) is 0. The van der Waals surface area contributed by atoms with Crippen LogP contribution in [0.25, 0.3) is 0 Å². The van der Waals surface area contributed by atoms with E-state index < -0.39 is 0 Å². The number of piperidine rings is 1. The molecule has 106 valence electrons. The summed E-state index contributed by atoms with van der Waals surface area (Å²) < 4.78 is 0. The second-order valence-corrected chi connectivity index (χ2v) is 7.10. The minimum atomic E-state index is 0.802. The molecule has 1 saturated heterocycles. The van der Waals surface area contributed by atoms with Gasteiger partial charge >= 0.3 is 0 Å². The molecule has 3 heteroatoms. The van der Waals surface area contributed by atoms with Crippen LogP contribution in [0.5, 0.6) is 0 Å². The largest absolute Gasteiger partial charge is 0.314 e. The smallest absolute Gasteiger partial charge is 0.0330 e. The summed E-state index contributed by atoms with van der Waals surface area (Å²) in [6.07, 6.45) is 9.78. The highest BCUT2D eigenvalue weighted by Crippen LogP contribution is 2.29. The fourth-order valence-corrected chi connectivity index (χ4v) is 3.87. The zero-order valence-corrected chi connectivity index (χ0v) is 12.6. The molecule has 2 nitrogen and oxygen atoms in total. The molecule has 1 unspecified atom stereocenters. The van der Waals surface area contributed by atoms with Crippen LogP contribution >= 0.6 is 11.3 Å². The van der Waals surface area contributed by atoms with Gasteiger partial charge in [-0.15, -0.1) is 11.3 Å². The maximum Gasteiger partial charge on any atom is 0.0330 e. The van der Waals surface area contributed by atoms with Gasteiger partial charge in [0.15, 0.2) is 0 Å². The van der Waals surface area contributed by atoms with E-state index in [1.54, 1.807) is 0 Å². The van der Waals surface area contributed by atoms with E-state index in [0.29, 0.717) is 0 Å². The van der Waals surface area contributed by atoms with Crippen LogP contribution < -0.4 is 5.32 Å². The predicted molar refractivity (Wildman–Crippen MR) is 82.6 cm³/mol. The van der Waals surface area contributed by atoms with Crippen molar-refractivity contribution in [1.82, 2.24) is 10.2 Å². The number of hydrogen-bond donors (Lipinski definition) is 1. The summed E-state index contributed by atoms with van der Waals surface area (Å²) in [5, 5.41) is 5.87. The first-order valence-electron chi connectivity index (χ1n) is 7.91. The summed E-state index contributed by atoms with van der Waals surface area (Å²) in [7, 11) is 0. The average molecular weight is 278 g/mol. The molecule has 2 heterocycles. The number of thiophene rings is 1. The number of nitrogens with zero attached hydrogens (tertiary/aromatic N) is 1. The predicted octanol–water partition coefficient (Wildman–Crippen LogP) is 3.63. The highest BCUT2D eigenvalue weighted by molar-refractivity contribution is 7.09. The van der Waals surface area contributed by atoms with Gasteiger partial charge in [-0.1, -0.05) is 12.5 Å². The third-order valence-corrected chi connectivity index (χ3v) is 5.27. The summed E-state index contributed by atoms with van der Waals surface area (Å²) >= 11 is 1.90. The van der Waals surface area contributed by atoms with Gasteiger partial charge in [0, 0.05) is 23.5 Å². The third kappa shape index (κ3) is 4.30. The minimum absolute atomic E-state index is 0.802. The Morgan fingerprint density at radius 3 is 2.89 bits per heavy atom. The summed E-state index contributed by atoms with van der Waals surface area (Å²) in [5.41, 5.74) is 0.